The summed E-state index contributed by atoms with van der Waals surface area (Å²) in [5, 5.41) is 16.9. The van der Waals surface area contributed by atoms with E-state index in [2.05, 4.69) is 4.72 Å². The fraction of sp³-hybridized carbons (Fsp3) is 0.0909. The Morgan fingerprint density at radius 1 is 1.24 bits per heavy atom. The van der Waals surface area contributed by atoms with Crippen molar-refractivity contribution in [3.63, 3.8) is 0 Å². The van der Waals surface area contributed by atoms with Gasteiger partial charge in [-0.1, -0.05) is 17.7 Å². The molecule has 5 nitrogen and oxygen atoms in total. The Hall–Kier alpha value is -2.31. The number of rotatable bonds is 3. The van der Waals surface area contributed by atoms with Crippen LogP contribution in [0.5, 0.6) is 0 Å². The van der Waals surface area contributed by atoms with E-state index < -0.39 is 10.0 Å². The maximum absolute atomic E-state index is 11.7. The Morgan fingerprint density at radius 3 is 2.24 bits per heavy atom. The van der Waals surface area contributed by atoms with Gasteiger partial charge in [-0.05, 0) is 19.1 Å². The van der Waals surface area contributed by atoms with Crippen molar-refractivity contribution in [1.82, 2.24) is 4.72 Å². The lowest BCUT2D eigenvalue weighted by Gasteiger charge is -2.03. The molecule has 0 saturated carbocycles. The molecule has 0 radical (unpaired) electrons. The van der Waals surface area contributed by atoms with Crippen molar-refractivity contribution in [3.8, 4) is 12.1 Å². The van der Waals surface area contributed by atoms with E-state index >= 15 is 0 Å². The number of benzene rings is 1. The smallest absolute Gasteiger partial charge is 0.261 e. The SMILES string of the molecule is Cc1ccc(S(=O)(=O)NC=C(C#N)C#N)cc1. The fourth-order valence-electron chi connectivity index (χ4n) is 1.01. The van der Waals surface area contributed by atoms with Crippen molar-refractivity contribution >= 4 is 10.0 Å². The van der Waals surface area contributed by atoms with Gasteiger partial charge in [0, 0.05) is 6.20 Å². The molecule has 1 N–H and O–H groups in total. The van der Waals surface area contributed by atoms with Gasteiger partial charge in [0.1, 0.15) is 17.7 Å². The van der Waals surface area contributed by atoms with E-state index in [0.717, 1.165) is 11.8 Å². The third-order valence-electron chi connectivity index (χ3n) is 1.93. The van der Waals surface area contributed by atoms with Crippen molar-refractivity contribution < 1.29 is 8.42 Å². The average Bonchev–Trinajstić information content (AvgIpc) is 2.31. The summed E-state index contributed by atoms with van der Waals surface area (Å²) in [7, 11) is -3.72. The van der Waals surface area contributed by atoms with Crippen molar-refractivity contribution in [2.24, 2.45) is 0 Å². The van der Waals surface area contributed by atoms with Gasteiger partial charge in [0.05, 0.1) is 4.90 Å². The van der Waals surface area contributed by atoms with Crippen LogP contribution in [0.2, 0.25) is 0 Å². The van der Waals surface area contributed by atoms with Gasteiger partial charge in [-0.3, -0.25) is 4.72 Å². The van der Waals surface area contributed by atoms with E-state index in [1.54, 1.807) is 24.3 Å². The lowest BCUT2D eigenvalue weighted by Crippen LogP contribution is -2.18. The maximum atomic E-state index is 11.7. The predicted molar refractivity (Wildman–Crippen MR) is 60.8 cm³/mol. The largest absolute Gasteiger partial charge is 0.284 e. The van der Waals surface area contributed by atoms with Crippen molar-refractivity contribution in [3.05, 3.63) is 41.6 Å². The first kappa shape index (κ1) is 12.8. The molecule has 17 heavy (non-hydrogen) atoms. The summed E-state index contributed by atoms with van der Waals surface area (Å²) in [6.45, 7) is 1.84. The molecule has 0 unspecified atom stereocenters. The number of hydrogen-bond acceptors (Lipinski definition) is 4. The number of nitrogens with zero attached hydrogens (tertiary/aromatic N) is 2. The molecule has 0 aliphatic heterocycles. The minimum atomic E-state index is -3.72. The van der Waals surface area contributed by atoms with Gasteiger partial charge in [0.25, 0.3) is 10.0 Å². The van der Waals surface area contributed by atoms with Crippen LogP contribution in [0, 0.1) is 29.6 Å². The molecule has 1 rings (SSSR count). The zero-order valence-corrected chi connectivity index (χ0v) is 9.82. The van der Waals surface area contributed by atoms with Gasteiger partial charge in [0.2, 0.25) is 0 Å². The van der Waals surface area contributed by atoms with Crippen LogP contribution in [0.15, 0.2) is 40.9 Å². The Kier molecular flexibility index (Phi) is 3.86. The molecule has 6 heteroatoms. The highest BCUT2D eigenvalue weighted by Gasteiger charge is 2.11. The monoisotopic (exact) mass is 247 g/mol. The lowest BCUT2D eigenvalue weighted by atomic mass is 10.2. The van der Waals surface area contributed by atoms with Gasteiger partial charge >= 0.3 is 0 Å². The third-order valence-corrected chi connectivity index (χ3v) is 3.25. The zero-order valence-electron chi connectivity index (χ0n) is 9.01. The van der Waals surface area contributed by atoms with E-state index in [1.807, 2.05) is 6.92 Å². The van der Waals surface area contributed by atoms with Crippen molar-refractivity contribution in [2.45, 2.75) is 11.8 Å². The Morgan fingerprint density at radius 2 is 1.76 bits per heavy atom. The summed E-state index contributed by atoms with van der Waals surface area (Å²) >= 11 is 0. The average molecular weight is 247 g/mol. The number of nitrogens with one attached hydrogen (secondary N) is 1. The molecule has 0 fully saturated rings. The highest BCUT2D eigenvalue weighted by Crippen LogP contribution is 2.09. The second-order valence-corrected chi connectivity index (χ2v) is 4.93. The first-order valence-electron chi connectivity index (χ1n) is 4.59. The Labute approximate surface area is 99.7 Å². The van der Waals surface area contributed by atoms with Crippen LogP contribution < -0.4 is 4.72 Å². The van der Waals surface area contributed by atoms with Gasteiger partial charge in [0.15, 0.2) is 0 Å². The molecule has 0 aromatic heterocycles. The van der Waals surface area contributed by atoms with Crippen molar-refractivity contribution in [2.75, 3.05) is 0 Å². The van der Waals surface area contributed by atoms with Gasteiger partial charge in [-0.25, -0.2) is 8.42 Å². The van der Waals surface area contributed by atoms with E-state index in [-0.39, 0.29) is 10.5 Å². The molecule has 0 spiro atoms. The number of hydrogen-bond donors (Lipinski definition) is 1. The Bertz CT molecular complexity index is 600. The van der Waals surface area contributed by atoms with Gasteiger partial charge < -0.3 is 0 Å². The van der Waals surface area contributed by atoms with Crippen molar-refractivity contribution in [1.29, 1.82) is 10.5 Å². The first-order valence-corrected chi connectivity index (χ1v) is 6.07. The van der Waals surface area contributed by atoms with Crippen LogP contribution in [0.3, 0.4) is 0 Å². The Balaban J connectivity index is 2.99. The molecular formula is C11H9N3O2S. The van der Waals surface area contributed by atoms with Crippen LogP contribution in [-0.4, -0.2) is 8.42 Å². The molecule has 0 amide bonds. The first-order chi connectivity index (χ1) is 7.99. The number of aryl methyl sites for hydroxylation is 1. The highest BCUT2D eigenvalue weighted by molar-refractivity contribution is 7.89. The molecule has 0 aliphatic carbocycles. The molecule has 86 valence electrons. The topological polar surface area (TPSA) is 93.8 Å². The molecule has 0 aliphatic rings. The quantitative estimate of drug-likeness (QED) is 0.812. The number of sulfonamides is 1. The van der Waals surface area contributed by atoms with Crippen LogP contribution in [-0.2, 0) is 10.0 Å². The van der Waals surface area contributed by atoms with Crippen LogP contribution in [0.4, 0.5) is 0 Å². The van der Waals surface area contributed by atoms with Crippen LogP contribution in [0.25, 0.3) is 0 Å². The standard InChI is InChI=1S/C11H9N3O2S/c1-9-2-4-11(5-3-9)17(15,16)14-8-10(6-12)7-13/h2-5,8,14H,1H3. The van der Waals surface area contributed by atoms with E-state index in [0.29, 0.717) is 0 Å². The van der Waals surface area contributed by atoms with E-state index in [1.165, 1.54) is 12.1 Å². The summed E-state index contributed by atoms with van der Waals surface area (Å²) in [5.41, 5.74) is 0.634. The normalized spacial score (nSPS) is 9.82. The number of nitriles is 2. The zero-order chi connectivity index (χ0) is 12.9. The van der Waals surface area contributed by atoms with Crippen LogP contribution >= 0.6 is 0 Å². The number of allylic oxidation sites excluding steroid dienone is 1. The molecule has 1 aromatic carbocycles. The molecule has 1 aromatic rings. The van der Waals surface area contributed by atoms with Gasteiger partial charge in [-0.15, -0.1) is 0 Å². The molecule has 0 heterocycles. The minimum Gasteiger partial charge on any atom is -0.284 e. The summed E-state index contributed by atoms with van der Waals surface area (Å²) in [6, 6.07) is 9.33. The minimum absolute atomic E-state index is 0.0783. The van der Waals surface area contributed by atoms with E-state index in [9.17, 15) is 8.42 Å². The summed E-state index contributed by atoms with van der Waals surface area (Å²) in [6.07, 6.45) is 0.870. The second-order valence-electron chi connectivity index (χ2n) is 3.22. The predicted octanol–water partition coefficient (Wildman–Crippen LogP) is 1.20. The molecule has 0 saturated heterocycles. The highest BCUT2D eigenvalue weighted by atomic mass is 32.2. The maximum Gasteiger partial charge on any atom is 0.261 e. The summed E-state index contributed by atoms with van der Waals surface area (Å²) in [4.78, 5) is 0.0783. The summed E-state index contributed by atoms with van der Waals surface area (Å²) < 4.78 is 25.5. The molecule has 0 bridgehead atoms. The fourth-order valence-corrected chi connectivity index (χ4v) is 1.91. The molecule has 0 atom stereocenters. The third kappa shape index (κ3) is 3.33. The summed E-state index contributed by atoms with van der Waals surface area (Å²) in [5.74, 6) is 0. The van der Waals surface area contributed by atoms with Crippen LogP contribution in [0.1, 0.15) is 5.56 Å². The second kappa shape index (κ2) is 5.15. The van der Waals surface area contributed by atoms with E-state index in [4.69, 9.17) is 10.5 Å². The van der Waals surface area contributed by atoms with Gasteiger partial charge in [-0.2, -0.15) is 10.5 Å². The molecular weight excluding hydrogens is 238 g/mol. The lowest BCUT2D eigenvalue weighted by molar-refractivity contribution is 0.590.